The van der Waals surface area contributed by atoms with Gasteiger partial charge in [0.1, 0.15) is 0 Å². The average molecular weight is 276 g/mol. The molecule has 1 aromatic carbocycles. The minimum Gasteiger partial charge on any atom is -0.376 e. The molecule has 0 aliphatic heterocycles. The van der Waals surface area contributed by atoms with Gasteiger partial charge in [-0.05, 0) is 37.3 Å². The first-order valence-electron chi connectivity index (χ1n) is 6.22. The number of rotatable bonds is 4. The van der Waals surface area contributed by atoms with Gasteiger partial charge in [0.15, 0.2) is 0 Å². The number of halogens is 1. The summed E-state index contributed by atoms with van der Waals surface area (Å²) in [7, 11) is 4.03. The van der Waals surface area contributed by atoms with E-state index in [0.29, 0.717) is 0 Å². The molecule has 0 radical (unpaired) electrons. The van der Waals surface area contributed by atoms with Gasteiger partial charge in [-0.1, -0.05) is 17.7 Å². The zero-order valence-corrected chi connectivity index (χ0v) is 12.1. The highest BCUT2D eigenvalue weighted by Gasteiger charge is 2.10. The van der Waals surface area contributed by atoms with Gasteiger partial charge in [0, 0.05) is 25.3 Å². The summed E-state index contributed by atoms with van der Waals surface area (Å²) in [6.07, 6.45) is 1.80. The van der Waals surface area contributed by atoms with Crippen molar-refractivity contribution < 1.29 is 0 Å². The van der Waals surface area contributed by atoms with Crippen LogP contribution in [-0.4, -0.2) is 19.1 Å². The van der Waals surface area contributed by atoms with Gasteiger partial charge < -0.3 is 10.2 Å². The van der Waals surface area contributed by atoms with Crippen LogP contribution in [0.3, 0.4) is 0 Å². The highest BCUT2D eigenvalue weighted by atomic mass is 35.5. The van der Waals surface area contributed by atoms with Crippen molar-refractivity contribution in [1.29, 1.82) is 0 Å². The standard InChI is InChI=1S/C15H18ClN3/c1-11(13-6-4-5-9-17-13)18-14-10-12(16)7-8-15(14)19(2)3/h4-11,18H,1-3H3. The molecule has 1 atom stereocenters. The highest BCUT2D eigenvalue weighted by molar-refractivity contribution is 6.31. The fourth-order valence-corrected chi connectivity index (χ4v) is 2.13. The van der Waals surface area contributed by atoms with Gasteiger partial charge in [0.05, 0.1) is 23.1 Å². The molecule has 0 spiro atoms. The van der Waals surface area contributed by atoms with Crippen molar-refractivity contribution in [2.45, 2.75) is 13.0 Å². The van der Waals surface area contributed by atoms with Gasteiger partial charge in [0.25, 0.3) is 0 Å². The maximum atomic E-state index is 6.08. The number of benzene rings is 1. The molecule has 1 unspecified atom stereocenters. The lowest BCUT2D eigenvalue weighted by Gasteiger charge is -2.22. The molecule has 0 fully saturated rings. The van der Waals surface area contributed by atoms with Crippen LogP contribution in [0.5, 0.6) is 0 Å². The summed E-state index contributed by atoms with van der Waals surface area (Å²) in [5.74, 6) is 0. The molecule has 3 nitrogen and oxygen atoms in total. The Bertz CT molecular complexity index is 540. The van der Waals surface area contributed by atoms with Crippen molar-refractivity contribution >= 4 is 23.0 Å². The van der Waals surface area contributed by atoms with Crippen molar-refractivity contribution in [2.24, 2.45) is 0 Å². The van der Waals surface area contributed by atoms with E-state index in [-0.39, 0.29) is 6.04 Å². The first-order chi connectivity index (χ1) is 9.08. The van der Waals surface area contributed by atoms with Crippen LogP contribution in [0.2, 0.25) is 5.02 Å². The van der Waals surface area contributed by atoms with Crippen molar-refractivity contribution in [2.75, 3.05) is 24.3 Å². The molecule has 0 saturated carbocycles. The number of hydrogen-bond acceptors (Lipinski definition) is 3. The second-order valence-electron chi connectivity index (χ2n) is 4.68. The van der Waals surface area contributed by atoms with Gasteiger partial charge in [0.2, 0.25) is 0 Å². The van der Waals surface area contributed by atoms with E-state index in [2.05, 4.69) is 22.1 Å². The lowest BCUT2D eigenvalue weighted by molar-refractivity contribution is 0.838. The van der Waals surface area contributed by atoms with Gasteiger partial charge in [-0.2, -0.15) is 0 Å². The lowest BCUT2D eigenvalue weighted by atomic mass is 10.2. The molecule has 1 heterocycles. The van der Waals surface area contributed by atoms with Crippen LogP contribution in [0, 0.1) is 0 Å². The number of pyridine rings is 1. The fraction of sp³-hybridized carbons (Fsp3) is 0.267. The molecule has 100 valence electrons. The summed E-state index contributed by atoms with van der Waals surface area (Å²) in [5, 5.41) is 4.18. The normalized spacial score (nSPS) is 12.0. The average Bonchev–Trinajstić information content (AvgIpc) is 2.39. The molecule has 0 bridgehead atoms. The van der Waals surface area contributed by atoms with Crippen LogP contribution >= 0.6 is 11.6 Å². The molecule has 2 aromatic rings. The quantitative estimate of drug-likeness (QED) is 0.915. The summed E-state index contributed by atoms with van der Waals surface area (Å²) >= 11 is 6.08. The maximum absolute atomic E-state index is 6.08. The smallest absolute Gasteiger partial charge is 0.0657 e. The zero-order chi connectivity index (χ0) is 13.8. The van der Waals surface area contributed by atoms with E-state index in [1.807, 2.05) is 50.5 Å². The number of aromatic nitrogens is 1. The first kappa shape index (κ1) is 13.7. The summed E-state index contributed by atoms with van der Waals surface area (Å²) in [4.78, 5) is 6.42. The number of nitrogens with one attached hydrogen (secondary N) is 1. The van der Waals surface area contributed by atoms with Crippen LogP contribution in [0.25, 0.3) is 0 Å². The van der Waals surface area contributed by atoms with Gasteiger partial charge >= 0.3 is 0 Å². The molecule has 0 amide bonds. The monoisotopic (exact) mass is 275 g/mol. The molecule has 19 heavy (non-hydrogen) atoms. The Labute approximate surface area is 119 Å². The second-order valence-corrected chi connectivity index (χ2v) is 5.11. The molecule has 4 heteroatoms. The van der Waals surface area contributed by atoms with Crippen LogP contribution in [0.1, 0.15) is 18.7 Å². The van der Waals surface area contributed by atoms with Gasteiger partial charge in [-0.25, -0.2) is 0 Å². The van der Waals surface area contributed by atoms with Crippen LogP contribution in [-0.2, 0) is 0 Å². The van der Waals surface area contributed by atoms with Crippen molar-refractivity contribution in [3.8, 4) is 0 Å². The van der Waals surface area contributed by atoms with Gasteiger partial charge in [-0.15, -0.1) is 0 Å². The Balaban J connectivity index is 2.25. The second kappa shape index (κ2) is 5.93. The molecular formula is C15H18ClN3. The van der Waals surface area contributed by atoms with Crippen LogP contribution < -0.4 is 10.2 Å². The van der Waals surface area contributed by atoms with E-state index >= 15 is 0 Å². The Kier molecular flexibility index (Phi) is 4.27. The lowest BCUT2D eigenvalue weighted by Crippen LogP contribution is -2.14. The Hall–Kier alpha value is -1.74. The first-order valence-corrected chi connectivity index (χ1v) is 6.60. The summed E-state index contributed by atoms with van der Waals surface area (Å²) in [6, 6.07) is 11.9. The van der Waals surface area contributed by atoms with E-state index in [1.165, 1.54) is 0 Å². The summed E-state index contributed by atoms with van der Waals surface area (Å²) in [6.45, 7) is 2.09. The molecule has 0 saturated heterocycles. The Morgan fingerprint density at radius 1 is 1.21 bits per heavy atom. The Morgan fingerprint density at radius 2 is 2.00 bits per heavy atom. The van der Waals surface area contributed by atoms with E-state index in [4.69, 9.17) is 11.6 Å². The van der Waals surface area contributed by atoms with Crippen LogP contribution in [0.4, 0.5) is 11.4 Å². The summed E-state index contributed by atoms with van der Waals surface area (Å²) in [5.41, 5.74) is 3.12. The third-order valence-corrected chi connectivity index (χ3v) is 3.18. The fourth-order valence-electron chi connectivity index (χ4n) is 1.95. The SMILES string of the molecule is CC(Nc1cc(Cl)ccc1N(C)C)c1ccccn1. The number of nitrogens with zero attached hydrogens (tertiary/aromatic N) is 2. The minimum atomic E-state index is 0.123. The highest BCUT2D eigenvalue weighted by Crippen LogP contribution is 2.30. The molecule has 2 rings (SSSR count). The molecule has 1 aromatic heterocycles. The predicted octanol–water partition coefficient (Wildman–Crippen LogP) is 3.97. The molecule has 1 N–H and O–H groups in total. The van der Waals surface area contributed by atoms with E-state index in [1.54, 1.807) is 6.20 Å². The van der Waals surface area contributed by atoms with Crippen molar-refractivity contribution in [3.63, 3.8) is 0 Å². The third-order valence-electron chi connectivity index (χ3n) is 2.94. The van der Waals surface area contributed by atoms with E-state index < -0.39 is 0 Å². The number of hydrogen-bond donors (Lipinski definition) is 1. The molecular weight excluding hydrogens is 258 g/mol. The van der Waals surface area contributed by atoms with Crippen molar-refractivity contribution in [3.05, 3.63) is 53.3 Å². The minimum absolute atomic E-state index is 0.123. The maximum Gasteiger partial charge on any atom is 0.0657 e. The Morgan fingerprint density at radius 3 is 2.63 bits per heavy atom. The van der Waals surface area contributed by atoms with E-state index in [9.17, 15) is 0 Å². The summed E-state index contributed by atoms with van der Waals surface area (Å²) < 4.78 is 0. The van der Waals surface area contributed by atoms with Gasteiger partial charge in [-0.3, -0.25) is 4.98 Å². The largest absolute Gasteiger partial charge is 0.376 e. The van der Waals surface area contributed by atoms with Crippen molar-refractivity contribution in [1.82, 2.24) is 4.98 Å². The topological polar surface area (TPSA) is 28.2 Å². The molecule has 0 aliphatic rings. The van der Waals surface area contributed by atoms with Crippen LogP contribution in [0.15, 0.2) is 42.6 Å². The molecule has 0 aliphatic carbocycles. The zero-order valence-electron chi connectivity index (χ0n) is 11.4. The van der Waals surface area contributed by atoms with E-state index in [0.717, 1.165) is 22.1 Å². The third kappa shape index (κ3) is 3.38. The predicted molar refractivity (Wildman–Crippen MR) is 82.1 cm³/mol. The number of anilines is 2.